The molecule has 0 aliphatic carbocycles. The van der Waals surface area contributed by atoms with Crippen molar-refractivity contribution in [3.05, 3.63) is 138 Å². The Morgan fingerprint density at radius 1 is 0.733 bits per heavy atom. The maximum absolute atomic E-state index is 13.0. The summed E-state index contributed by atoms with van der Waals surface area (Å²) in [5, 5.41) is 5.71. The van der Waals surface area contributed by atoms with Crippen molar-refractivity contribution >= 4 is 12.0 Å². The highest BCUT2D eigenvalue weighted by Crippen LogP contribution is 2.37. The predicted octanol–water partition coefficient (Wildman–Crippen LogP) is 6.34. The van der Waals surface area contributed by atoms with E-state index in [-0.39, 0.29) is 25.2 Å². The third-order valence-electron chi connectivity index (χ3n) is 8.50. The Kier molecular flexibility index (Phi) is 11.6. The molecule has 1 heterocycles. The van der Waals surface area contributed by atoms with Crippen molar-refractivity contribution < 1.29 is 19.1 Å². The molecule has 234 valence electrons. The number of hydrogen-bond donors (Lipinski definition) is 2. The van der Waals surface area contributed by atoms with E-state index in [0.29, 0.717) is 6.54 Å². The summed E-state index contributed by atoms with van der Waals surface area (Å²) in [6.45, 7) is 3.38. The molecule has 1 saturated heterocycles. The minimum Gasteiger partial charge on any atom is -0.490 e. The lowest BCUT2D eigenvalue weighted by Gasteiger charge is -2.37. The van der Waals surface area contributed by atoms with Gasteiger partial charge in [0.05, 0.1) is 6.54 Å². The number of rotatable bonds is 14. The smallest absolute Gasteiger partial charge is 0.407 e. The van der Waals surface area contributed by atoms with E-state index in [4.69, 9.17) is 9.47 Å². The van der Waals surface area contributed by atoms with Gasteiger partial charge in [-0.25, -0.2) is 4.79 Å². The Morgan fingerprint density at radius 2 is 1.29 bits per heavy atom. The minimum absolute atomic E-state index is 0.150. The Labute approximate surface area is 266 Å². The second-order valence-corrected chi connectivity index (χ2v) is 11.6. The summed E-state index contributed by atoms with van der Waals surface area (Å²) in [6, 6.07) is 40.3. The van der Waals surface area contributed by atoms with Crippen LogP contribution in [0.15, 0.2) is 121 Å². The topological polar surface area (TPSA) is 79.9 Å². The Bertz CT molecular complexity index is 1400. The third-order valence-corrected chi connectivity index (χ3v) is 8.50. The number of carbonyl (C=O) groups excluding carboxylic acids is 2. The van der Waals surface area contributed by atoms with Crippen molar-refractivity contribution in [1.82, 2.24) is 15.5 Å². The standard InChI is InChI=1S/C38H43N3O4/c42-36(28-39-37(43)44-29-31-14-5-1-6-15-31)40-30-38(32-16-7-2-8-17-32,33-18-9-3-10-19-33)24-13-25-41-26-22-35(23-27-41)45-34-20-11-4-12-21-34/h1-12,14-21,35H,13,22-30H2,(H,39,43)(H,40,42). The number of ether oxygens (including phenoxy) is 2. The molecule has 4 aromatic rings. The summed E-state index contributed by atoms with van der Waals surface area (Å²) in [5.41, 5.74) is 2.77. The van der Waals surface area contributed by atoms with Crippen LogP contribution in [0.25, 0.3) is 0 Å². The molecule has 2 N–H and O–H groups in total. The van der Waals surface area contributed by atoms with Gasteiger partial charge in [0.25, 0.3) is 0 Å². The summed E-state index contributed by atoms with van der Waals surface area (Å²) >= 11 is 0. The first kappa shape index (κ1) is 31.8. The normalized spacial score (nSPS) is 14.0. The molecular formula is C38H43N3O4. The van der Waals surface area contributed by atoms with Gasteiger partial charge in [0.2, 0.25) is 5.91 Å². The number of amides is 2. The fraction of sp³-hybridized carbons (Fsp3) is 0.316. The maximum Gasteiger partial charge on any atom is 0.407 e. The van der Waals surface area contributed by atoms with E-state index in [9.17, 15) is 9.59 Å². The van der Waals surface area contributed by atoms with Gasteiger partial charge in [0.1, 0.15) is 18.5 Å². The van der Waals surface area contributed by atoms with Crippen LogP contribution >= 0.6 is 0 Å². The highest BCUT2D eigenvalue weighted by molar-refractivity contribution is 5.82. The highest BCUT2D eigenvalue weighted by atomic mass is 16.5. The first-order valence-electron chi connectivity index (χ1n) is 15.9. The quantitative estimate of drug-likeness (QED) is 0.175. The SMILES string of the molecule is O=C(CNC(=O)OCc1ccccc1)NCC(CCCN1CCC(Oc2ccccc2)CC1)(c1ccccc1)c1ccccc1. The minimum atomic E-state index is -0.621. The zero-order valence-electron chi connectivity index (χ0n) is 25.8. The van der Waals surface area contributed by atoms with Crippen LogP contribution in [0.4, 0.5) is 4.79 Å². The second-order valence-electron chi connectivity index (χ2n) is 11.6. The molecule has 2 amide bonds. The lowest BCUT2D eigenvalue weighted by molar-refractivity contribution is -0.120. The number of para-hydroxylation sites is 1. The Balaban J connectivity index is 1.18. The van der Waals surface area contributed by atoms with Crippen molar-refractivity contribution in [2.75, 3.05) is 32.7 Å². The third kappa shape index (κ3) is 9.43. The number of nitrogens with zero attached hydrogens (tertiary/aromatic N) is 1. The fourth-order valence-corrected chi connectivity index (χ4v) is 6.05. The molecule has 7 heteroatoms. The average Bonchev–Trinajstić information content (AvgIpc) is 3.10. The van der Waals surface area contributed by atoms with Crippen LogP contribution in [0, 0.1) is 0 Å². The van der Waals surface area contributed by atoms with Gasteiger partial charge in [-0.05, 0) is 61.1 Å². The molecular weight excluding hydrogens is 562 g/mol. The maximum atomic E-state index is 13.0. The van der Waals surface area contributed by atoms with Crippen molar-refractivity contribution in [3.63, 3.8) is 0 Å². The van der Waals surface area contributed by atoms with Gasteiger partial charge in [-0.1, -0.05) is 109 Å². The summed E-state index contributed by atoms with van der Waals surface area (Å²) in [6.07, 6.45) is 3.46. The van der Waals surface area contributed by atoms with Crippen molar-refractivity contribution in [2.24, 2.45) is 0 Å². The average molecular weight is 606 g/mol. The van der Waals surface area contributed by atoms with Gasteiger partial charge in [0.15, 0.2) is 0 Å². The summed E-state index contributed by atoms with van der Waals surface area (Å²) < 4.78 is 11.5. The number of hydrogen-bond acceptors (Lipinski definition) is 5. The molecule has 0 aromatic heterocycles. The second kappa shape index (κ2) is 16.5. The highest BCUT2D eigenvalue weighted by Gasteiger charge is 2.34. The Morgan fingerprint density at radius 3 is 1.89 bits per heavy atom. The zero-order valence-corrected chi connectivity index (χ0v) is 25.8. The number of nitrogens with one attached hydrogen (secondary N) is 2. The van der Waals surface area contributed by atoms with Gasteiger partial charge in [-0.2, -0.15) is 0 Å². The van der Waals surface area contributed by atoms with Crippen LogP contribution in [0.1, 0.15) is 42.4 Å². The van der Waals surface area contributed by atoms with Crippen LogP contribution in [-0.4, -0.2) is 55.7 Å². The van der Waals surface area contributed by atoms with Gasteiger partial charge in [-0.15, -0.1) is 0 Å². The number of carbonyl (C=O) groups is 2. The van der Waals surface area contributed by atoms with Crippen LogP contribution in [0.2, 0.25) is 0 Å². The van der Waals surface area contributed by atoms with Crippen LogP contribution in [0.5, 0.6) is 5.75 Å². The zero-order chi connectivity index (χ0) is 31.2. The summed E-state index contributed by atoms with van der Waals surface area (Å²) in [5.74, 6) is 0.677. The number of piperidine rings is 1. The molecule has 1 aliphatic heterocycles. The van der Waals surface area contributed by atoms with Crippen LogP contribution < -0.4 is 15.4 Å². The molecule has 1 fully saturated rings. The van der Waals surface area contributed by atoms with Gasteiger partial charge in [0, 0.05) is 25.0 Å². The van der Waals surface area contributed by atoms with Crippen molar-refractivity contribution in [3.8, 4) is 5.75 Å². The largest absolute Gasteiger partial charge is 0.490 e. The molecule has 0 radical (unpaired) electrons. The fourth-order valence-electron chi connectivity index (χ4n) is 6.05. The molecule has 0 unspecified atom stereocenters. The van der Waals surface area contributed by atoms with Crippen LogP contribution in [-0.2, 0) is 21.6 Å². The lowest BCUT2D eigenvalue weighted by atomic mass is 9.71. The summed E-state index contributed by atoms with van der Waals surface area (Å²) in [7, 11) is 0. The molecule has 45 heavy (non-hydrogen) atoms. The number of likely N-dealkylation sites (tertiary alicyclic amines) is 1. The number of benzene rings is 4. The molecule has 4 aromatic carbocycles. The van der Waals surface area contributed by atoms with Crippen molar-refractivity contribution in [1.29, 1.82) is 0 Å². The molecule has 0 saturated carbocycles. The van der Waals surface area contributed by atoms with E-state index in [1.54, 1.807) is 0 Å². The van der Waals surface area contributed by atoms with Crippen molar-refractivity contribution in [2.45, 2.75) is 43.8 Å². The van der Waals surface area contributed by atoms with E-state index >= 15 is 0 Å². The number of alkyl carbamates (subject to hydrolysis) is 1. The molecule has 7 nitrogen and oxygen atoms in total. The lowest BCUT2D eigenvalue weighted by Crippen LogP contribution is -2.45. The van der Waals surface area contributed by atoms with E-state index < -0.39 is 11.5 Å². The molecule has 1 aliphatic rings. The van der Waals surface area contributed by atoms with E-state index in [1.807, 2.05) is 72.8 Å². The summed E-state index contributed by atoms with van der Waals surface area (Å²) in [4.78, 5) is 27.8. The molecule has 0 bridgehead atoms. The molecule has 0 atom stereocenters. The van der Waals surface area contributed by atoms with Gasteiger partial charge in [-0.3, -0.25) is 4.79 Å². The molecule has 5 rings (SSSR count). The van der Waals surface area contributed by atoms with E-state index in [0.717, 1.165) is 67.8 Å². The van der Waals surface area contributed by atoms with Gasteiger partial charge >= 0.3 is 6.09 Å². The van der Waals surface area contributed by atoms with Crippen LogP contribution in [0.3, 0.4) is 0 Å². The van der Waals surface area contributed by atoms with Gasteiger partial charge < -0.3 is 25.0 Å². The van der Waals surface area contributed by atoms with E-state index in [1.165, 1.54) is 0 Å². The molecule has 0 spiro atoms. The van der Waals surface area contributed by atoms with E-state index in [2.05, 4.69) is 64.1 Å². The first-order chi connectivity index (χ1) is 22.1. The monoisotopic (exact) mass is 605 g/mol. The Hall–Kier alpha value is -4.62. The predicted molar refractivity (Wildman–Crippen MR) is 177 cm³/mol. The first-order valence-corrected chi connectivity index (χ1v) is 15.9.